The molecule has 3 nitrogen and oxygen atoms in total. The molecule has 2 rings (SSSR count). The molecule has 0 radical (unpaired) electrons. The van der Waals surface area contributed by atoms with Gasteiger partial charge in [0.15, 0.2) is 5.78 Å². The number of benzene rings is 2. The van der Waals surface area contributed by atoms with Crippen LogP contribution in [0.3, 0.4) is 0 Å². The average Bonchev–Trinajstić information content (AvgIpc) is 2.51. The summed E-state index contributed by atoms with van der Waals surface area (Å²) in [5.74, 6) is -0.765. The Labute approximate surface area is 143 Å². The minimum absolute atomic E-state index is 0.126. The number of hydrogen-bond donors (Lipinski definition) is 1. The second kappa shape index (κ2) is 8.09. The van der Waals surface area contributed by atoms with Gasteiger partial charge in [-0.1, -0.05) is 23.2 Å². The van der Waals surface area contributed by atoms with Gasteiger partial charge in [0.1, 0.15) is 5.82 Å². The van der Waals surface area contributed by atoms with E-state index in [0.29, 0.717) is 27.7 Å². The lowest BCUT2D eigenvalue weighted by atomic mass is 10.1. The number of Topliss-reactive ketones (excluding diaryl/α,β-unsaturated/α-hetero) is 1. The predicted octanol–water partition coefficient (Wildman–Crippen LogP) is 5.12. The largest absolute Gasteiger partial charge is 0.325 e. The SMILES string of the molecule is O=C(CCCC(=O)c1ccc(F)cc1)Nc1cc(Cl)ccc1Cl. The molecule has 0 saturated carbocycles. The molecule has 6 heteroatoms. The Kier molecular flexibility index (Phi) is 6.13. The molecule has 1 N–H and O–H groups in total. The van der Waals surface area contributed by atoms with E-state index in [-0.39, 0.29) is 30.3 Å². The number of rotatable bonds is 6. The number of amides is 1. The standard InChI is InChI=1S/C17H14Cl2FNO2/c18-12-6-9-14(19)15(10-12)21-17(23)3-1-2-16(22)11-4-7-13(20)8-5-11/h4-10H,1-3H2,(H,21,23). The third-order valence-electron chi connectivity index (χ3n) is 3.18. The second-order valence-electron chi connectivity index (χ2n) is 4.96. The molecule has 1 amide bonds. The van der Waals surface area contributed by atoms with Gasteiger partial charge in [-0.2, -0.15) is 0 Å². The third kappa shape index (κ3) is 5.34. The summed E-state index contributed by atoms with van der Waals surface area (Å²) >= 11 is 11.8. The Morgan fingerprint density at radius 2 is 1.70 bits per heavy atom. The molecule has 120 valence electrons. The van der Waals surface area contributed by atoms with E-state index in [4.69, 9.17) is 23.2 Å². The number of nitrogens with one attached hydrogen (secondary N) is 1. The Bertz CT molecular complexity index is 717. The van der Waals surface area contributed by atoms with Crippen LogP contribution in [0.15, 0.2) is 42.5 Å². The fraction of sp³-hybridized carbons (Fsp3) is 0.176. The summed E-state index contributed by atoms with van der Waals surface area (Å²) in [5, 5.41) is 3.52. The first-order chi connectivity index (χ1) is 11.0. The van der Waals surface area contributed by atoms with Crippen molar-refractivity contribution in [1.29, 1.82) is 0 Å². The summed E-state index contributed by atoms with van der Waals surface area (Å²) in [6, 6.07) is 10.1. The summed E-state index contributed by atoms with van der Waals surface area (Å²) in [5.41, 5.74) is 0.874. The highest BCUT2D eigenvalue weighted by molar-refractivity contribution is 6.35. The van der Waals surface area contributed by atoms with Gasteiger partial charge in [0.05, 0.1) is 10.7 Å². The van der Waals surface area contributed by atoms with Crippen LogP contribution in [-0.4, -0.2) is 11.7 Å². The first kappa shape index (κ1) is 17.4. The summed E-state index contributed by atoms with van der Waals surface area (Å²) in [6.45, 7) is 0. The summed E-state index contributed by atoms with van der Waals surface area (Å²) in [6.07, 6.45) is 0.776. The van der Waals surface area contributed by atoms with Crippen LogP contribution in [-0.2, 0) is 4.79 Å². The Hall–Kier alpha value is -1.91. The quantitative estimate of drug-likeness (QED) is 0.732. The van der Waals surface area contributed by atoms with Crippen molar-refractivity contribution >= 4 is 40.6 Å². The van der Waals surface area contributed by atoms with Crippen molar-refractivity contribution in [2.45, 2.75) is 19.3 Å². The van der Waals surface area contributed by atoms with Crippen LogP contribution >= 0.6 is 23.2 Å². The van der Waals surface area contributed by atoms with Crippen LogP contribution in [0.4, 0.5) is 10.1 Å². The van der Waals surface area contributed by atoms with Crippen LogP contribution in [0, 0.1) is 5.82 Å². The third-order valence-corrected chi connectivity index (χ3v) is 3.74. The number of carbonyl (C=O) groups excluding carboxylic acids is 2. The van der Waals surface area contributed by atoms with Crippen LogP contribution in [0.1, 0.15) is 29.6 Å². The Morgan fingerprint density at radius 3 is 2.39 bits per heavy atom. The van der Waals surface area contributed by atoms with Gasteiger partial charge in [0.2, 0.25) is 5.91 Å². The molecule has 0 atom stereocenters. The van der Waals surface area contributed by atoms with E-state index in [1.54, 1.807) is 18.2 Å². The molecule has 0 aliphatic heterocycles. The molecule has 0 aliphatic carbocycles. The van der Waals surface area contributed by atoms with E-state index in [1.165, 1.54) is 24.3 Å². The maximum atomic E-state index is 12.8. The predicted molar refractivity (Wildman–Crippen MR) is 89.7 cm³/mol. The molecule has 0 aromatic heterocycles. The minimum atomic E-state index is -0.390. The highest BCUT2D eigenvalue weighted by atomic mass is 35.5. The lowest BCUT2D eigenvalue weighted by Crippen LogP contribution is -2.12. The fourth-order valence-electron chi connectivity index (χ4n) is 2.00. The molecule has 2 aromatic rings. The van der Waals surface area contributed by atoms with Crippen LogP contribution in [0.25, 0.3) is 0 Å². The van der Waals surface area contributed by atoms with Crippen molar-refractivity contribution in [2.75, 3.05) is 5.32 Å². The van der Waals surface area contributed by atoms with E-state index in [9.17, 15) is 14.0 Å². The van der Waals surface area contributed by atoms with Gasteiger partial charge in [-0.05, 0) is 48.9 Å². The van der Waals surface area contributed by atoms with Crippen LogP contribution in [0.2, 0.25) is 10.0 Å². The topological polar surface area (TPSA) is 46.2 Å². The smallest absolute Gasteiger partial charge is 0.224 e. The van der Waals surface area contributed by atoms with Gasteiger partial charge in [0, 0.05) is 23.4 Å². The van der Waals surface area contributed by atoms with E-state index in [2.05, 4.69) is 5.32 Å². The summed E-state index contributed by atoms with van der Waals surface area (Å²) in [4.78, 5) is 23.8. The Morgan fingerprint density at radius 1 is 1.00 bits per heavy atom. The normalized spacial score (nSPS) is 10.4. The number of ketones is 1. The van der Waals surface area contributed by atoms with Crippen LogP contribution < -0.4 is 5.32 Å². The molecule has 0 fully saturated rings. The summed E-state index contributed by atoms with van der Waals surface area (Å²) < 4.78 is 12.8. The maximum Gasteiger partial charge on any atom is 0.224 e. The van der Waals surface area contributed by atoms with Crippen molar-refractivity contribution in [3.63, 3.8) is 0 Å². The van der Waals surface area contributed by atoms with Gasteiger partial charge < -0.3 is 5.32 Å². The zero-order valence-electron chi connectivity index (χ0n) is 12.1. The molecule has 0 saturated heterocycles. The molecular weight excluding hydrogens is 340 g/mol. The molecule has 0 spiro atoms. The molecule has 23 heavy (non-hydrogen) atoms. The maximum absolute atomic E-state index is 12.8. The molecule has 0 unspecified atom stereocenters. The lowest BCUT2D eigenvalue weighted by Gasteiger charge is -2.07. The number of hydrogen-bond acceptors (Lipinski definition) is 2. The van der Waals surface area contributed by atoms with E-state index < -0.39 is 0 Å². The molecule has 0 aliphatic rings. The zero-order valence-corrected chi connectivity index (χ0v) is 13.6. The first-order valence-electron chi connectivity index (χ1n) is 6.99. The van der Waals surface area contributed by atoms with E-state index in [0.717, 1.165) is 0 Å². The molecule has 0 heterocycles. The van der Waals surface area contributed by atoms with Gasteiger partial charge in [-0.15, -0.1) is 0 Å². The highest BCUT2D eigenvalue weighted by Crippen LogP contribution is 2.25. The number of halogens is 3. The monoisotopic (exact) mass is 353 g/mol. The highest BCUT2D eigenvalue weighted by Gasteiger charge is 2.10. The van der Waals surface area contributed by atoms with E-state index in [1.807, 2.05) is 0 Å². The van der Waals surface area contributed by atoms with Gasteiger partial charge in [0.25, 0.3) is 0 Å². The van der Waals surface area contributed by atoms with Crippen molar-refractivity contribution < 1.29 is 14.0 Å². The van der Waals surface area contributed by atoms with Gasteiger partial charge in [-0.25, -0.2) is 4.39 Å². The minimum Gasteiger partial charge on any atom is -0.325 e. The van der Waals surface area contributed by atoms with E-state index >= 15 is 0 Å². The first-order valence-corrected chi connectivity index (χ1v) is 7.75. The summed E-state index contributed by atoms with van der Waals surface area (Å²) in [7, 11) is 0. The van der Waals surface area contributed by atoms with Crippen LogP contribution in [0.5, 0.6) is 0 Å². The number of carbonyl (C=O) groups is 2. The van der Waals surface area contributed by atoms with Gasteiger partial charge >= 0.3 is 0 Å². The van der Waals surface area contributed by atoms with Crippen molar-refractivity contribution in [1.82, 2.24) is 0 Å². The fourth-order valence-corrected chi connectivity index (χ4v) is 2.33. The van der Waals surface area contributed by atoms with Gasteiger partial charge in [-0.3, -0.25) is 9.59 Å². The average molecular weight is 354 g/mol. The molecule has 0 bridgehead atoms. The molecular formula is C17H14Cl2FNO2. The van der Waals surface area contributed by atoms with Crippen molar-refractivity contribution in [3.05, 3.63) is 63.9 Å². The molecule has 2 aromatic carbocycles. The lowest BCUT2D eigenvalue weighted by molar-refractivity contribution is -0.116. The van der Waals surface area contributed by atoms with Crippen molar-refractivity contribution in [2.24, 2.45) is 0 Å². The Balaban J connectivity index is 1.81. The van der Waals surface area contributed by atoms with Crippen molar-refractivity contribution in [3.8, 4) is 0 Å². The number of anilines is 1. The second-order valence-corrected chi connectivity index (χ2v) is 5.80. The zero-order chi connectivity index (χ0) is 16.8.